The van der Waals surface area contributed by atoms with Gasteiger partial charge in [0.25, 0.3) is 0 Å². The minimum absolute atomic E-state index is 0.358. The highest BCUT2D eigenvalue weighted by Crippen LogP contribution is 2.36. The fourth-order valence-electron chi connectivity index (χ4n) is 3.15. The molecule has 1 aliphatic carbocycles. The summed E-state index contributed by atoms with van der Waals surface area (Å²) in [6, 6.07) is 8.39. The van der Waals surface area contributed by atoms with Crippen LogP contribution in [0.15, 0.2) is 24.3 Å². The summed E-state index contributed by atoms with van der Waals surface area (Å²) in [6.45, 7) is 0. The summed E-state index contributed by atoms with van der Waals surface area (Å²) < 4.78 is 6.00. The van der Waals surface area contributed by atoms with Crippen molar-refractivity contribution in [1.29, 1.82) is 0 Å². The lowest BCUT2D eigenvalue weighted by Gasteiger charge is -2.28. The maximum absolute atomic E-state index is 6.42. The third kappa shape index (κ3) is 2.44. The van der Waals surface area contributed by atoms with Crippen molar-refractivity contribution < 1.29 is 4.74 Å². The Hall–Kier alpha value is -0.690. The van der Waals surface area contributed by atoms with Crippen LogP contribution in [0.1, 0.15) is 37.7 Å². The number of halogens is 1. The molecule has 0 bridgehead atoms. The molecule has 1 saturated carbocycles. The summed E-state index contributed by atoms with van der Waals surface area (Å²) in [5.41, 5.74) is 1.36. The Labute approximate surface area is 108 Å². The van der Waals surface area contributed by atoms with Crippen LogP contribution in [0.3, 0.4) is 0 Å². The van der Waals surface area contributed by atoms with E-state index in [0.717, 1.165) is 18.6 Å². The van der Waals surface area contributed by atoms with E-state index < -0.39 is 0 Å². The van der Waals surface area contributed by atoms with Gasteiger partial charge in [-0.1, -0.05) is 31.0 Å². The van der Waals surface area contributed by atoms with Crippen molar-refractivity contribution in [1.82, 2.24) is 0 Å². The predicted octanol–water partition coefficient (Wildman–Crippen LogP) is 4.18. The van der Waals surface area contributed by atoms with Gasteiger partial charge in [0, 0.05) is 11.8 Å². The van der Waals surface area contributed by atoms with Gasteiger partial charge in [-0.15, -0.1) is 11.6 Å². The summed E-state index contributed by atoms with van der Waals surface area (Å²) >= 11 is 6.42. The van der Waals surface area contributed by atoms with Crippen molar-refractivity contribution in [3.05, 3.63) is 29.8 Å². The Bertz CT molecular complexity index is 365. The monoisotopic (exact) mass is 250 g/mol. The normalized spacial score (nSPS) is 31.9. The van der Waals surface area contributed by atoms with Gasteiger partial charge in [0.1, 0.15) is 11.9 Å². The lowest BCUT2D eigenvalue weighted by atomic mass is 9.84. The van der Waals surface area contributed by atoms with E-state index in [-0.39, 0.29) is 0 Å². The van der Waals surface area contributed by atoms with Gasteiger partial charge >= 0.3 is 0 Å². The highest BCUT2D eigenvalue weighted by molar-refractivity contribution is 6.20. The lowest BCUT2D eigenvalue weighted by Crippen LogP contribution is -2.26. The second kappa shape index (κ2) is 4.89. The average Bonchev–Trinajstić information content (AvgIpc) is 2.74. The molecule has 3 atom stereocenters. The molecule has 2 heteroatoms. The van der Waals surface area contributed by atoms with Crippen molar-refractivity contribution in [3.63, 3.8) is 0 Å². The zero-order valence-electron chi connectivity index (χ0n) is 10.1. The van der Waals surface area contributed by atoms with E-state index in [2.05, 4.69) is 18.2 Å². The second-order valence-corrected chi connectivity index (χ2v) is 5.91. The number of ether oxygens (including phenoxy) is 1. The predicted molar refractivity (Wildman–Crippen MR) is 70.8 cm³/mol. The quantitative estimate of drug-likeness (QED) is 0.716. The van der Waals surface area contributed by atoms with Gasteiger partial charge in [-0.2, -0.15) is 0 Å². The Morgan fingerprint density at radius 1 is 1.18 bits per heavy atom. The Morgan fingerprint density at radius 2 is 2.00 bits per heavy atom. The molecule has 0 radical (unpaired) electrons. The number of alkyl halides is 1. The molecule has 2 aliphatic rings. The summed E-state index contributed by atoms with van der Waals surface area (Å²) in [5.74, 6) is 1.74. The molecule has 0 aromatic heterocycles. The second-order valence-electron chi connectivity index (χ2n) is 5.35. The third-order valence-corrected chi connectivity index (χ3v) is 4.67. The van der Waals surface area contributed by atoms with Gasteiger partial charge in [0.05, 0.1) is 0 Å². The van der Waals surface area contributed by atoms with Crippen molar-refractivity contribution in [2.45, 2.75) is 50.0 Å². The van der Waals surface area contributed by atoms with Crippen LogP contribution in [0.4, 0.5) is 0 Å². The number of benzene rings is 1. The summed E-state index contributed by atoms with van der Waals surface area (Å²) in [7, 11) is 0. The zero-order chi connectivity index (χ0) is 11.7. The summed E-state index contributed by atoms with van der Waals surface area (Å²) in [4.78, 5) is 0. The largest absolute Gasteiger partial charge is 0.490 e. The van der Waals surface area contributed by atoms with Crippen LogP contribution >= 0.6 is 11.6 Å². The summed E-state index contributed by atoms with van der Waals surface area (Å²) in [6.07, 6.45) is 7.66. The van der Waals surface area contributed by atoms with E-state index in [9.17, 15) is 0 Å². The van der Waals surface area contributed by atoms with Crippen LogP contribution < -0.4 is 4.74 Å². The zero-order valence-corrected chi connectivity index (χ0v) is 10.8. The first-order valence-corrected chi connectivity index (χ1v) is 7.15. The molecule has 0 N–H and O–H groups in total. The topological polar surface area (TPSA) is 9.23 Å². The van der Waals surface area contributed by atoms with E-state index in [1.165, 1.54) is 31.2 Å². The number of rotatable bonds is 2. The first kappa shape index (κ1) is 11.4. The van der Waals surface area contributed by atoms with Crippen LogP contribution in [-0.4, -0.2) is 11.5 Å². The van der Waals surface area contributed by atoms with Gasteiger partial charge < -0.3 is 4.74 Å². The highest BCUT2D eigenvalue weighted by Gasteiger charge is 2.30. The minimum atomic E-state index is 0.358. The van der Waals surface area contributed by atoms with Crippen LogP contribution in [0.2, 0.25) is 0 Å². The molecule has 1 aromatic rings. The van der Waals surface area contributed by atoms with E-state index in [0.29, 0.717) is 17.4 Å². The van der Waals surface area contributed by atoms with Crippen molar-refractivity contribution in [2.24, 2.45) is 5.92 Å². The smallest absolute Gasteiger partial charge is 0.123 e. The SMILES string of the molecule is ClC1CCCCC1CC1Cc2ccccc2O1. The molecular weight excluding hydrogens is 232 g/mol. The molecule has 92 valence electrons. The van der Waals surface area contributed by atoms with E-state index >= 15 is 0 Å². The van der Waals surface area contributed by atoms with Gasteiger partial charge in [0.15, 0.2) is 0 Å². The molecule has 17 heavy (non-hydrogen) atoms. The Balaban J connectivity index is 1.61. The van der Waals surface area contributed by atoms with Crippen LogP contribution in [0.5, 0.6) is 5.75 Å². The van der Waals surface area contributed by atoms with Crippen molar-refractivity contribution in [2.75, 3.05) is 0 Å². The van der Waals surface area contributed by atoms with Crippen LogP contribution in [-0.2, 0) is 6.42 Å². The fourth-order valence-corrected chi connectivity index (χ4v) is 3.53. The first-order chi connectivity index (χ1) is 8.33. The third-order valence-electron chi connectivity index (χ3n) is 4.10. The fraction of sp³-hybridized carbons (Fsp3) is 0.600. The van der Waals surface area contributed by atoms with E-state index in [1.54, 1.807) is 0 Å². The number of para-hydroxylation sites is 1. The number of hydrogen-bond acceptors (Lipinski definition) is 1. The molecule has 1 aliphatic heterocycles. The maximum Gasteiger partial charge on any atom is 0.123 e. The van der Waals surface area contributed by atoms with Gasteiger partial charge in [-0.25, -0.2) is 0 Å². The molecule has 1 aromatic carbocycles. The lowest BCUT2D eigenvalue weighted by molar-refractivity contribution is 0.177. The average molecular weight is 251 g/mol. The molecule has 0 amide bonds. The van der Waals surface area contributed by atoms with Gasteiger partial charge in [-0.05, 0) is 36.8 Å². The van der Waals surface area contributed by atoms with Gasteiger partial charge in [0.2, 0.25) is 0 Å². The molecule has 3 unspecified atom stereocenters. The van der Waals surface area contributed by atoms with Gasteiger partial charge in [-0.3, -0.25) is 0 Å². The maximum atomic E-state index is 6.42. The number of fused-ring (bicyclic) bond motifs is 1. The summed E-state index contributed by atoms with van der Waals surface area (Å²) in [5, 5.41) is 0.371. The van der Waals surface area contributed by atoms with E-state index in [4.69, 9.17) is 16.3 Å². The molecule has 1 heterocycles. The first-order valence-electron chi connectivity index (χ1n) is 6.71. The molecule has 3 rings (SSSR count). The molecule has 0 spiro atoms. The Kier molecular flexibility index (Phi) is 3.28. The number of hydrogen-bond donors (Lipinski definition) is 0. The van der Waals surface area contributed by atoms with E-state index in [1.807, 2.05) is 6.07 Å². The molecule has 1 nitrogen and oxygen atoms in total. The van der Waals surface area contributed by atoms with Crippen LogP contribution in [0.25, 0.3) is 0 Å². The highest BCUT2D eigenvalue weighted by atomic mass is 35.5. The molecule has 1 fully saturated rings. The van der Waals surface area contributed by atoms with Crippen molar-refractivity contribution in [3.8, 4) is 5.75 Å². The minimum Gasteiger partial charge on any atom is -0.490 e. The molecular formula is C15H19ClO. The molecule has 0 saturated heterocycles. The standard InChI is InChI=1S/C15H19ClO/c16-14-7-3-1-5-11(14)9-13-10-12-6-2-4-8-15(12)17-13/h2,4,6,8,11,13-14H,1,3,5,7,9-10H2. The van der Waals surface area contributed by atoms with Crippen LogP contribution in [0, 0.1) is 5.92 Å². The van der Waals surface area contributed by atoms with Crippen molar-refractivity contribution >= 4 is 11.6 Å². The Morgan fingerprint density at radius 3 is 2.82 bits per heavy atom.